The van der Waals surface area contributed by atoms with Gasteiger partial charge in [0.05, 0.1) is 0 Å². The summed E-state index contributed by atoms with van der Waals surface area (Å²) in [6.07, 6.45) is 3.42. The van der Waals surface area contributed by atoms with Crippen LogP contribution in [-0.4, -0.2) is 27.6 Å². The summed E-state index contributed by atoms with van der Waals surface area (Å²) < 4.78 is 26.8. The fraction of sp³-hybridized carbons (Fsp3) is 0.375. The number of benzene rings is 1. The molecule has 1 fully saturated rings. The molecule has 2 aromatic rings. The van der Waals surface area contributed by atoms with Gasteiger partial charge in [-0.1, -0.05) is 6.07 Å². The van der Waals surface area contributed by atoms with Crippen molar-refractivity contribution < 1.29 is 13.6 Å². The lowest BCUT2D eigenvalue weighted by molar-refractivity contribution is 0.0933. The van der Waals surface area contributed by atoms with E-state index in [1.165, 1.54) is 12.1 Å². The second-order valence-corrected chi connectivity index (χ2v) is 5.93. The first-order valence-electron chi connectivity index (χ1n) is 7.67. The second-order valence-electron chi connectivity index (χ2n) is 5.93. The summed E-state index contributed by atoms with van der Waals surface area (Å²) in [6, 6.07) is 3.52. The lowest BCUT2D eigenvalue weighted by Gasteiger charge is -2.17. The zero-order valence-electron chi connectivity index (χ0n) is 12.8. The van der Waals surface area contributed by atoms with Crippen LogP contribution in [0.5, 0.6) is 0 Å². The van der Waals surface area contributed by atoms with Crippen LogP contribution < -0.4 is 10.9 Å². The average Bonchev–Trinajstić information content (AvgIpc) is 3.38. The number of hydrogen-bond donors (Lipinski definition) is 2. The van der Waals surface area contributed by atoms with E-state index >= 15 is 0 Å². The lowest BCUT2D eigenvalue weighted by atomic mass is 9.94. The molecule has 1 aliphatic carbocycles. The highest BCUT2D eigenvalue weighted by molar-refractivity contribution is 5.90. The van der Waals surface area contributed by atoms with Crippen LogP contribution in [0.1, 0.15) is 29.0 Å². The topological polar surface area (TPSA) is 87.7 Å². The number of hydrogen-bond acceptors (Lipinski definition) is 4. The Balaban J connectivity index is 1.64. The molecule has 0 radical (unpaired) electrons. The third-order valence-corrected chi connectivity index (χ3v) is 4.10. The van der Waals surface area contributed by atoms with E-state index < -0.39 is 23.1 Å². The Labute approximate surface area is 136 Å². The van der Waals surface area contributed by atoms with Crippen LogP contribution in [0.4, 0.5) is 8.78 Å². The summed E-state index contributed by atoms with van der Waals surface area (Å²) in [4.78, 5) is 25.4. The van der Waals surface area contributed by atoms with E-state index in [9.17, 15) is 18.4 Å². The maximum absolute atomic E-state index is 13.8. The van der Waals surface area contributed by atoms with Gasteiger partial charge in [-0.05, 0) is 42.7 Å². The SMILES string of the molecule is O=C(NCC(Cc1ccc(F)cc1F)C1CC1)c1nncc(=O)[nH]1. The van der Waals surface area contributed by atoms with E-state index in [4.69, 9.17) is 0 Å². The van der Waals surface area contributed by atoms with Gasteiger partial charge in [-0.15, -0.1) is 5.10 Å². The summed E-state index contributed by atoms with van der Waals surface area (Å²) in [7, 11) is 0. The molecule has 1 amide bonds. The summed E-state index contributed by atoms with van der Waals surface area (Å²) in [5.41, 5.74) is -0.0854. The third-order valence-electron chi connectivity index (χ3n) is 4.10. The number of carbonyl (C=O) groups is 1. The van der Waals surface area contributed by atoms with Crippen LogP contribution in [0, 0.1) is 23.5 Å². The van der Waals surface area contributed by atoms with Crippen LogP contribution >= 0.6 is 0 Å². The van der Waals surface area contributed by atoms with Gasteiger partial charge in [-0.25, -0.2) is 8.78 Å². The number of nitrogens with one attached hydrogen (secondary N) is 2. The first-order chi connectivity index (χ1) is 11.5. The number of aromatic nitrogens is 3. The monoisotopic (exact) mass is 334 g/mol. The van der Waals surface area contributed by atoms with Gasteiger partial charge in [0.25, 0.3) is 11.5 Å². The van der Waals surface area contributed by atoms with E-state index in [2.05, 4.69) is 20.5 Å². The number of nitrogens with zero attached hydrogens (tertiary/aromatic N) is 2. The van der Waals surface area contributed by atoms with Crippen molar-refractivity contribution in [2.45, 2.75) is 19.3 Å². The zero-order valence-corrected chi connectivity index (χ0v) is 12.8. The highest BCUT2D eigenvalue weighted by Crippen LogP contribution is 2.38. The van der Waals surface area contributed by atoms with Gasteiger partial charge >= 0.3 is 0 Å². The van der Waals surface area contributed by atoms with Crippen LogP contribution in [-0.2, 0) is 6.42 Å². The Hall–Kier alpha value is -2.64. The summed E-state index contributed by atoms with van der Waals surface area (Å²) in [5, 5.41) is 9.68. The molecule has 1 saturated carbocycles. The van der Waals surface area contributed by atoms with Gasteiger partial charge in [0.2, 0.25) is 5.82 Å². The molecule has 1 aromatic carbocycles. The van der Waals surface area contributed by atoms with Crippen molar-refractivity contribution in [3.63, 3.8) is 0 Å². The van der Waals surface area contributed by atoms with Crippen molar-refractivity contribution in [1.82, 2.24) is 20.5 Å². The minimum absolute atomic E-state index is 0.0392. The molecule has 24 heavy (non-hydrogen) atoms. The predicted octanol–water partition coefficient (Wildman–Crippen LogP) is 1.44. The van der Waals surface area contributed by atoms with Crippen molar-refractivity contribution in [2.75, 3.05) is 6.54 Å². The molecule has 0 bridgehead atoms. The van der Waals surface area contributed by atoms with Crippen molar-refractivity contribution >= 4 is 5.91 Å². The Kier molecular flexibility index (Phi) is 4.64. The maximum atomic E-state index is 13.8. The standard InChI is InChI=1S/C16H16F2N4O2/c17-12-4-3-10(13(18)6-12)5-11(9-1-2-9)7-19-16(24)15-21-14(23)8-20-22-15/h3-4,6,8-9,11H,1-2,5,7H2,(H,19,24)(H,21,22,23). The maximum Gasteiger partial charge on any atom is 0.289 e. The summed E-state index contributed by atoms with van der Waals surface area (Å²) in [5.74, 6) is -1.45. The molecule has 1 unspecified atom stereocenters. The fourth-order valence-electron chi connectivity index (χ4n) is 2.67. The van der Waals surface area contributed by atoms with Gasteiger partial charge in [0.15, 0.2) is 0 Å². The summed E-state index contributed by atoms with van der Waals surface area (Å²) in [6.45, 7) is 0.318. The molecule has 1 aliphatic rings. The molecule has 1 atom stereocenters. The molecule has 1 aromatic heterocycles. The van der Waals surface area contributed by atoms with Gasteiger partial charge in [-0.2, -0.15) is 5.10 Å². The zero-order chi connectivity index (χ0) is 17.1. The molecule has 126 valence electrons. The number of rotatable bonds is 6. The Morgan fingerprint density at radius 2 is 2.17 bits per heavy atom. The lowest BCUT2D eigenvalue weighted by Crippen LogP contribution is -2.33. The Morgan fingerprint density at radius 1 is 1.38 bits per heavy atom. The second kappa shape index (κ2) is 6.86. The normalized spacial score (nSPS) is 15.1. The molecule has 0 spiro atoms. The number of aromatic amines is 1. The number of halogens is 2. The molecule has 2 N–H and O–H groups in total. The van der Waals surface area contributed by atoms with E-state index in [0.29, 0.717) is 24.4 Å². The minimum atomic E-state index is -0.612. The van der Waals surface area contributed by atoms with Gasteiger partial charge in [0, 0.05) is 12.6 Å². The minimum Gasteiger partial charge on any atom is -0.349 e. The largest absolute Gasteiger partial charge is 0.349 e. The van der Waals surface area contributed by atoms with Crippen molar-refractivity contribution in [2.24, 2.45) is 11.8 Å². The first-order valence-corrected chi connectivity index (χ1v) is 7.67. The van der Waals surface area contributed by atoms with Crippen molar-refractivity contribution in [3.8, 4) is 0 Å². The number of carbonyl (C=O) groups excluding carboxylic acids is 1. The molecule has 6 nitrogen and oxygen atoms in total. The third kappa shape index (κ3) is 4.01. The highest BCUT2D eigenvalue weighted by atomic mass is 19.1. The number of H-pyrrole nitrogens is 1. The molecular formula is C16H16F2N4O2. The van der Waals surface area contributed by atoms with Crippen molar-refractivity contribution in [1.29, 1.82) is 0 Å². The first kappa shape index (κ1) is 16.2. The Bertz CT molecular complexity index is 805. The Morgan fingerprint density at radius 3 is 2.83 bits per heavy atom. The molecular weight excluding hydrogens is 318 g/mol. The van der Waals surface area contributed by atoms with Gasteiger partial charge in [-0.3, -0.25) is 14.6 Å². The van der Waals surface area contributed by atoms with Crippen molar-refractivity contribution in [3.05, 3.63) is 57.8 Å². The molecule has 1 heterocycles. The van der Waals surface area contributed by atoms with Crippen LogP contribution in [0.25, 0.3) is 0 Å². The summed E-state index contributed by atoms with van der Waals surface area (Å²) >= 11 is 0. The smallest absolute Gasteiger partial charge is 0.289 e. The van der Waals surface area contributed by atoms with E-state index in [0.717, 1.165) is 25.1 Å². The van der Waals surface area contributed by atoms with E-state index in [1.807, 2.05) is 0 Å². The molecule has 0 aliphatic heterocycles. The van der Waals surface area contributed by atoms with Crippen LogP contribution in [0.3, 0.4) is 0 Å². The average molecular weight is 334 g/mol. The van der Waals surface area contributed by atoms with E-state index in [1.54, 1.807) is 0 Å². The molecule has 3 rings (SSSR count). The fourth-order valence-corrected chi connectivity index (χ4v) is 2.67. The predicted molar refractivity (Wildman–Crippen MR) is 81.3 cm³/mol. The van der Waals surface area contributed by atoms with Crippen LogP contribution in [0.15, 0.2) is 29.2 Å². The van der Waals surface area contributed by atoms with Gasteiger partial charge < -0.3 is 5.32 Å². The molecule has 0 saturated heterocycles. The number of amides is 1. The molecule has 8 heteroatoms. The van der Waals surface area contributed by atoms with Gasteiger partial charge in [0.1, 0.15) is 17.8 Å². The van der Waals surface area contributed by atoms with E-state index in [-0.39, 0.29) is 11.7 Å². The van der Waals surface area contributed by atoms with Crippen LogP contribution in [0.2, 0.25) is 0 Å². The highest BCUT2D eigenvalue weighted by Gasteiger charge is 2.32. The quantitative estimate of drug-likeness (QED) is 0.837.